The monoisotopic (exact) mass is 426 g/mol. The van der Waals surface area contributed by atoms with Crippen molar-refractivity contribution in [1.82, 2.24) is 9.80 Å². The highest BCUT2D eigenvalue weighted by molar-refractivity contribution is 5.38. The Bertz CT molecular complexity index is 832. The second-order valence-corrected chi connectivity index (χ2v) is 8.67. The summed E-state index contributed by atoms with van der Waals surface area (Å²) in [5, 5.41) is 8.89. The minimum atomic E-state index is 0.0283. The van der Waals surface area contributed by atoms with E-state index in [0.29, 0.717) is 13.2 Å². The fourth-order valence-corrected chi connectivity index (χ4v) is 4.52. The van der Waals surface area contributed by atoms with Gasteiger partial charge in [-0.25, -0.2) is 0 Å². The lowest BCUT2D eigenvalue weighted by Crippen LogP contribution is -2.44. The second-order valence-electron chi connectivity index (χ2n) is 8.67. The molecule has 4 rings (SSSR count). The van der Waals surface area contributed by atoms with Crippen molar-refractivity contribution >= 4 is 0 Å². The predicted octanol–water partition coefficient (Wildman–Crippen LogP) is 3.06. The van der Waals surface area contributed by atoms with Gasteiger partial charge in [-0.2, -0.15) is 0 Å². The van der Waals surface area contributed by atoms with Gasteiger partial charge in [0.15, 0.2) is 0 Å². The molecule has 2 aliphatic heterocycles. The van der Waals surface area contributed by atoms with Crippen molar-refractivity contribution in [3.05, 3.63) is 59.2 Å². The number of benzene rings is 2. The molecule has 6 heteroatoms. The van der Waals surface area contributed by atoms with Gasteiger partial charge in [-0.3, -0.25) is 9.80 Å². The molecule has 1 N–H and O–H groups in total. The molecule has 2 aromatic carbocycles. The first-order valence-electron chi connectivity index (χ1n) is 11.3. The second kappa shape index (κ2) is 10.5. The van der Waals surface area contributed by atoms with Crippen LogP contribution in [0.5, 0.6) is 11.5 Å². The van der Waals surface area contributed by atoms with Gasteiger partial charge in [-0.15, -0.1) is 0 Å². The Morgan fingerprint density at radius 3 is 2.42 bits per heavy atom. The predicted molar refractivity (Wildman–Crippen MR) is 120 cm³/mol. The molecule has 2 aromatic rings. The summed E-state index contributed by atoms with van der Waals surface area (Å²) in [5.74, 6) is 1.79. The molecule has 6 nitrogen and oxygen atoms in total. The molecule has 168 valence electrons. The van der Waals surface area contributed by atoms with Crippen LogP contribution in [0.3, 0.4) is 0 Å². The van der Waals surface area contributed by atoms with Gasteiger partial charge < -0.3 is 19.3 Å². The largest absolute Gasteiger partial charge is 0.492 e. The number of hydrogen-bond acceptors (Lipinski definition) is 6. The number of fused-ring (bicyclic) bond motifs is 1. The summed E-state index contributed by atoms with van der Waals surface area (Å²) in [6.45, 7) is 10.9. The minimum Gasteiger partial charge on any atom is -0.492 e. The lowest BCUT2D eigenvalue weighted by Gasteiger charge is -2.35. The zero-order valence-electron chi connectivity index (χ0n) is 18.6. The molecule has 0 amide bonds. The van der Waals surface area contributed by atoms with Crippen molar-refractivity contribution in [3.63, 3.8) is 0 Å². The number of nitrogens with zero attached hydrogens (tertiary/aromatic N) is 2. The van der Waals surface area contributed by atoms with E-state index in [9.17, 15) is 0 Å². The molecule has 2 heterocycles. The highest BCUT2D eigenvalue weighted by Crippen LogP contribution is 2.26. The highest BCUT2D eigenvalue weighted by Gasteiger charge is 2.23. The molecule has 0 saturated carbocycles. The highest BCUT2D eigenvalue weighted by atomic mass is 16.5. The smallest absolute Gasteiger partial charge is 0.123 e. The Labute approximate surface area is 185 Å². The number of aliphatic hydroxyl groups is 1. The molecular weight excluding hydrogens is 392 g/mol. The first-order chi connectivity index (χ1) is 15.1. The summed E-state index contributed by atoms with van der Waals surface area (Å²) in [6, 6.07) is 14.8. The first kappa shape index (κ1) is 22.1. The van der Waals surface area contributed by atoms with Crippen LogP contribution in [0.15, 0.2) is 42.5 Å². The van der Waals surface area contributed by atoms with Crippen LogP contribution >= 0.6 is 0 Å². The molecule has 0 radical (unpaired) electrons. The Balaban J connectivity index is 1.40. The van der Waals surface area contributed by atoms with E-state index in [1.54, 1.807) is 0 Å². The topological polar surface area (TPSA) is 54.4 Å². The summed E-state index contributed by atoms with van der Waals surface area (Å²) in [4.78, 5) is 4.91. The third-order valence-corrected chi connectivity index (χ3v) is 5.77. The zero-order chi connectivity index (χ0) is 21.6. The zero-order valence-corrected chi connectivity index (χ0v) is 18.6. The van der Waals surface area contributed by atoms with Crippen LogP contribution in [0.25, 0.3) is 0 Å². The average molecular weight is 427 g/mol. The number of ether oxygens (including phenoxy) is 3. The molecule has 0 unspecified atom stereocenters. The maximum Gasteiger partial charge on any atom is 0.123 e. The Kier molecular flexibility index (Phi) is 7.45. The number of rotatable bonds is 7. The molecule has 31 heavy (non-hydrogen) atoms. The fraction of sp³-hybridized carbons (Fsp3) is 0.520. The minimum absolute atomic E-state index is 0.0283. The van der Waals surface area contributed by atoms with E-state index < -0.39 is 0 Å². The van der Waals surface area contributed by atoms with Crippen molar-refractivity contribution in [2.24, 2.45) is 0 Å². The van der Waals surface area contributed by atoms with Crippen molar-refractivity contribution in [2.45, 2.75) is 45.7 Å². The van der Waals surface area contributed by atoms with Gasteiger partial charge in [0.25, 0.3) is 0 Å². The molecule has 2 aliphatic rings. The molecule has 0 aliphatic carbocycles. The van der Waals surface area contributed by atoms with E-state index in [-0.39, 0.29) is 18.8 Å². The summed E-state index contributed by atoms with van der Waals surface area (Å²) < 4.78 is 17.4. The summed E-state index contributed by atoms with van der Waals surface area (Å²) >= 11 is 0. The molecule has 0 aromatic heterocycles. The van der Waals surface area contributed by atoms with Gasteiger partial charge in [-0.05, 0) is 49.2 Å². The van der Waals surface area contributed by atoms with Crippen molar-refractivity contribution in [1.29, 1.82) is 0 Å². The van der Waals surface area contributed by atoms with Crippen molar-refractivity contribution in [3.8, 4) is 11.5 Å². The lowest BCUT2D eigenvalue weighted by atomic mass is 10.1. The van der Waals surface area contributed by atoms with Gasteiger partial charge >= 0.3 is 0 Å². The fourth-order valence-electron chi connectivity index (χ4n) is 4.52. The summed E-state index contributed by atoms with van der Waals surface area (Å²) in [7, 11) is 0. The molecule has 2 atom stereocenters. The van der Waals surface area contributed by atoms with Gasteiger partial charge in [0.2, 0.25) is 0 Å². The molecule has 0 spiro atoms. The van der Waals surface area contributed by atoms with E-state index in [0.717, 1.165) is 50.8 Å². The van der Waals surface area contributed by atoms with E-state index in [1.807, 2.05) is 12.1 Å². The standard InChI is InChI=1S/C25H34N2O4/c1-19-14-27(15-20(2)31-19)17-22-5-8-25-23(13-22)18-26(9-11-30-25)16-21-3-6-24(7-4-21)29-12-10-28/h3-8,13,19-20,28H,9-12,14-18H2,1-2H3/t19-,20+. The Hall–Kier alpha value is -2.12. The lowest BCUT2D eigenvalue weighted by molar-refractivity contribution is -0.0704. The number of hydrogen-bond donors (Lipinski definition) is 1. The van der Waals surface area contributed by atoms with Gasteiger partial charge in [0.05, 0.1) is 18.8 Å². The summed E-state index contributed by atoms with van der Waals surface area (Å²) in [6.07, 6.45) is 0.563. The van der Waals surface area contributed by atoms with E-state index in [4.69, 9.17) is 19.3 Å². The van der Waals surface area contributed by atoms with Crippen LogP contribution in [0, 0.1) is 0 Å². The third-order valence-electron chi connectivity index (χ3n) is 5.77. The number of morpholine rings is 1. The first-order valence-corrected chi connectivity index (χ1v) is 11.3. The van der Waals surface area contributed by atoms with Crippen LogP contribution in [-0.2, 0) is 24.4 Å². The van der Waals surface area contributed by atoms with E-state index in [2.05, 4.69) is 54.0 Å². The van der Waals surface area contributed by atoms with Gasteiger partial charge in [-0.1, -0.05) is 18.2 Å². The van der Waals surface area contributed by atoms with Crippen molar-refractivity contribution < 1.29 is 19.3 Å². The van der Waals surface area contributed by atoms with Crippen LogP contribution in [-0.4, -0.2) is 66.6 Å². The molecule has 1 saturated heterocycles. The van der Waals surface area contributed by atoms with Crippen LogP contribution < -0.4 is 9.47 Å². The third kappa shape index (κ3) is 6.20. The Morgan fingerprint density at radius 2 is 1.68 bits per heavy atom. The maximum atomic E-state index is 8.89. The van der Waals surface area contributed by atoms with Gasteiger partial charge in [0.1, 0.15) is 24.7 Å². The SMILES string of the molecule is C[C@@H]1CN(Cc2ccc3c(c2)CN(Cc2ccc(OCCO)cc2)CCO3)C[C@H](C)O1. The van der Waals surface area contributed by atoms with Gasteiger partial charge in [0, 0.05) is 44.8 Å². The van der Waals surface area contributed by atoms with Crippen LogP contribution in [0.2, 0.25) is 0 Å². The molecular formula is C25H34N2O4. The van der Waals surface area contributed by atoms with Crippen LogP contribution in [0.4, 0.5) is 0 Å². The van der Waals surface area contributed by atoms with Crippen molar-refractivity contribution in [2.75, 3.05) is 39.5 Å². The maximum absolute atomic E-state index is 8.89. The van der Waals surface area contributed by atoms with Crippen LogP contribution in [0.1, 0.15) is 30.5 Å². The normalized spacial score (nSPS) is 22.4. The summed E-state index contributed by atoms with van der Waals surface area (Å²) in [5.41, 5.74) is 3.83. The van der Waals surface area contributed by atoms with E-state index >= 15 is 0 Å². The number of aliphatic hydroxyl groups excluding tert-OH is 1. The molecule has 1 fully saturated rings. The molecule has 0 bridgehead atoms. The van der Waals surface area contributed by atoms with E-state index in [1.165, 1.54) is 16.7 Å². The quantitative estimate of drug-likeness (QED) is 0.735. The average Bonchev–Trinajstić information content (AvgIpc) is 2.94. The Morgan fingerprint density at radius 1 is 0.968 bits per heavy atom.